The van der Waals surface area contributed by atoms with Gasteiger partial charge in [-0.15, -0.1) is 0 Å². The Kier molecular flexibility index (Phi) is 4.73. The number of carbonyl (C=O) groups is 2. The maximum atomic E-state index is 12.7. The molecular weight excluding hydrogens is 372 g/mol. The van der Waals surface area contributed by atoms with Crippen molar-refractivity contribution in [1.82, 2.24) is 29.1 Å². The first-order valence-electron chi connectivity index (χ1n) is 9.57. The minimum atomic E-state index is -0.192. The van der Waals surface area contributed by atoms with Gasteiger partial charge in [0.15, 0.2) is 0 Å². The van der Waals surface area contributed by atoms with Gasteiger partial charge in [-0.1, -0.05) is 0 Å². The Morgan fingerprint density at radius 2 is 1.86 bits per heavy atom. The molecule has 4 rings (SSSR count). The van der Waals surface area contributed by atoms with Crippen molar-refractivity contribution in [1.29, 1.82) is 0 Å². The molecule has 0 aliphatic carbocycles. The number of aryl methyl sites for hydroxylation is 3. The Labute approximate surface area is 167 Å². The van der Waals surface area contributed by atoms with Crippen molar-refractivity contribution < 1.29 is 9.59 Å². The highest BCUT2D eigenvalue weighted by Gasteiger charge is 2.36. The maximum Gasteiger partial charge on any atom is 0.328 e. The van der Waals surface area contributed by atoms with E-state index in [0.29, 0.717) is 37.3 Å². The molecule has 3 heterocycles. The van der Waals surface area contributed by atoms with Gasteiger partial charge < -0.3 is 10.2 Å². The summed E-state index contributed by atoms with van der Waals surface area (Å²) in [6, 6.07) is 7.16. The second kappa shape index (κ2) is 7.23. The average Bonchev–Trinajstić information content (AvgIpc) is 3.17. The Morgan fingerprint density at radius 1 is 1.14 bits per heavy atom. The van der Waals surface area contributed by atoms with Gasteiger partial charge >= 0.3 is 5.69 Å². The summed E-state index contributed by atoms with van der Waals surface area (Å²) >= 11 is 0. The highest BCUT2D eigenvalue weighted by atomic mass is 16.2. The Morgan fingerprint density at radius 3 is 2.55 bits per heavy atom. The molecule has 1 aliphatic rings. The first kappa shape index (κ1) is 19.0. The van der Waals surface area contributed by atoms with E-state index in [1.54, 1.807) is 46.4 Å². The third-order valence-electron chi connectivity index (χ3n) is 5.47. The zero-order chi connectivity index (χ0) is 20.7. The first-order chi connectivity index (χ1) is 13.8. The Balaban J connectivity index is 1.32. The molecule has 0 unspecified atom stereocenters. The lowest BCUT2D eigenvalue weighted by Gasteiger charge is -2.38. The average molecular weight is 396 g/mol. The van der Waals surface area contributed by atoms with Crippen molar-refractivity contribution in [3.05, 3.63) is 52.2 Å². The molecule has 152 valence electrons. The Hall–Kier alpha value is -3.36. The molecule has 0 atom stereocenters. The molecule has 0 spiro atoms. The van der Waals surface area contributed by atoms with Crippen LogP contribution in [0.15, 0.2) is 35.3 Å². The predicted molar refractivity (Wildman–Crippen MR) is 108 cm³/mol. The van der Waals surface area contributed by atoms with E-state index in [0.717, 1.165) is 11.2 Å². The number of carbonyl (C=O) groups excluding carboxylic acids is 2. The second-order valence-electron chi connectivity index (χ2n) is 7.52. The van der Waals surface area contributed by atoms with Crippen LogP contribution in [0.2, 0.25) is 0 Å². The van der Waals surface area contributed by atoms with Gasteiger partial charge in [-0.2, -0.15) is 5.10 Å². The quantitative estimate of drug-likeness (QED) is 0.670. The number of fused-ring (bicyclic) bond motifs is 1. The van der Waals surface area contributed by atoms with Crippen molar-refractivity contribution in [2.24, 2.45) is 20.0 Å². The molecule has 1 fully saturated rings. The summed E-state index contributed by atoms with van der Waals surface area (Å²) in [6.45, 7) is 3.84. The standard InChI is InChI=1S/C20H24N6O3/c1-13-6-8-26(22-13)9-7-21-18(27)15-11-25(12-15)19(28)14-4-5-16-17(10-14)24(3)20(29)23(16)2/h4-6,8,10,15H,7,9,11-12H2,1-3H3,(H,21,27). The van der Waals surface area contributed by atoms with E-state index in [1.165, 1.54) is 4.57 Å². The third-order valence-corrected chi connectivity index (χ3v) is 5.47. The number of imidazole rings is 1. The number of benzene rings is 1. The van der Waals surface area contributed by atoms with Gasteiger partial charge in [0.1, 0.15) is 0 Å². The highest BCUT2D eigenvalue weighted by Crippen LogP contribution is 2.21. The molecule has 2 aromatic heterocycles. The summed E-state index contributed by atoms with van der Waals surface area (Å²) in [5.41, 5.74) is 2.83. The van der Waals surface area contributed by atoms with E-state index >= 15 is 0 Å². The van der Waals surface area contributed by atoms with Gasteiger partial charge in [0.05, 0.1) is 29.2 Å². The topological polar surface area (TPSA) is 94.2 Å². The van der Waals surface area contributed by atoms with Gasteiger partial charge in [-0.3, -0.25) is 23.4 Å². The predicted octanol–water partition coefficient (Wildman–Crippen LogP) is 0.270. The fourth-order valence-electron chi connectivity index (χ4n) is 3.66. The number of hydrogen-bond acceptors (Lipinski definition) is 4. The van der Waals surface area contributed by atoms with E-state index < -0.39 is 0 Å². The van der Waals surface area contributed by atoms with Crippen LogP contribution < -0.4 is 11.0 Å². The van der Waals surface area contributed by atoms with Crippen molar-refractivity contribution in [2.75, 3.05) is 19.6 Å². The van der Waals surface area contributed by atoms with Crippen LogP contribution in [0, 0.1) is 12.8 Å². The van der Waals surface area contributed by atoms with Crippen LogP contribution in [-0.4, -0.2) is 55.3 Å². The van der Waals surface area contributed by atoms with Gasteiger partial charge in [0.2, 0.25) is 5.91 Å². The van der Waals surface area contributed by atoms with Gasteiger partial charge in [0.25, 0.3) is 5.91 Å². The molecule has 29 heavy (non-hydrogen) atoms. The van der Waals surface area contributed by atoms with Crippen LogP contribution in [0.4, 0.5) is 0 Å². The van der Waals surface area contributed by atoms with E-state index in [2.05, 4.69) is 10.4 Å². The van der Waals surface area contributed by atoms with Crippen LogP contribution in [0.3, 0.4) is 0 Å². The van der Waals surface area contributed by atoms with E-state index in [4.69, 9.17) is 0 Å². The number of nitrogens with zero attached hydrogens (tertiary/aromatic N) is 5. The summed E-state index contributed by atoms with van der Waals surface area (Å²) in [7, 11) is 3.39. The normalized spacial score (nSPS) is 14.2. The summed E-state index contributed by atoms with van der Waals surface area (Å²) in [6.07, 6.45) is 1.88. The van der Waals surface area contributed by atoms with Crippen LogP contribution in [0.25, 0.3) is 11.0 Å². The summed E-state index contributed by atoms with van der Waals surface area (Å²) < 4.78 is 4.87. The lowest BCUT2D eigenvalue weighted by molar-refractivity contribution is -0.129. The lowest BCUT2D eigenvalue weighted by Crippen LogP contribution is -2.55. The number of nitrogens with one attached hydrogen (secondary N) is 1. The molecule has 9 heteroatoms. The number of hydrogen-bond donors (Lipinski definition) is 1. The summed E-state index contributed by atoms with van der Waals surface area (Å²) in [4.78, 5) is 38.7. The molecule has 0 bridgehead atoms. The van der Waals surface area contributed by atoms with E-state index in [9.17, 15) is 14.4 Å². The maximum absolute atomic E-state index is 12.7. The van der Waals surface area contributed by atoms with Crippen molar-refractivity contribution >= 4 is 22.8 Å². The van der Waals surface area contributed by atoms with Gasteiger partial charge in [0, 0.05) is 45.5 Å². The monoisotopic (exact) mass is 396 g/mol. The minimum Gasteiger partial charge on any atom is -0.354 e. The zero-order valence-electron chi connectivity index (χ0n) is 16.8. The molecule has 3 aromatic rings. The molecule has 0 radical (unpaired) electrons. The number of amides is 2. The second-order valence-corrected chi connectivity index (χ2v) is 7.52. The largest absolute Gasteiger partial charge is 0.354 e. The van der Waals surface area contributed by atoms with Gasteiger partial charge in [-0.25, -0.2) is 4.79 Å². The number of likely N-dealkylation sites (tertiary alicyclic amines) is 1. The molecule has 1 aromatic carbocycles. The lowest BCUT2D eigenvalue weighted by atomic mass is 9.97. The van der Waals surface area contributed by atoms with Crippen molar-refractivity contribution in [3.63, 3.8) is 0 Å². The number of rotatable bonds is 5. The Bertz CT molecular complexity index is 1150. The van der Waals surface area contributed by atoms with Crippen LogP contribution in [0.5, 0.6) is 0 Å². The van der Waals surface area contributed by atoms with Crippen LogP contribution >= 0.6 is 0 Å². The fourth-order valence-corrected chi connectivity index (χ4v) is 3.66. The van der Waals surface area contributed by atoms with E-state index in [-0.39, 0.29) is 23.4 Å². The molecule has 1 N–H and O–H groups in total. The fraction of sp³-hybridized carbons (Fsp3) is 0.400. The summed E-state index contributed by atoms with van der Waals surface area (Å²) in [5.74, 6) is -0.360. The van der Waals surface area contributed by atoms with Crippen LogP contribution in [0.1, 0.15) is 16.1 Å². The van der Waals surface area contributed by atoms with Crippen molar-refractivity contribution in [2.45, 2.75) is 13.5 Å². The van der Waals surface area contributed by atoms with Gasteiger partial charge in [-0.05, 0) is 31.2 Å². The number of aromatic nitrogens is 4. The van der Waals surface area contributed by atoms with Crippen LogP contribution in [-0.2, 0) is 25.4 Å². The SMILES string of the molecule is Cc1ccn(CCNC(=O)C2CN(C(=O)c3ccc4c(c3)n(C)c(=O)n4C)C2)n1. The molecule has 2 amide bonds. The smallest absolute Gasteiger partial charge is 0.328 e. The van der Waals surface area contributed by atoms with Crippen molar-refractivity contribution in [3.8, 4) is 0 Å². The molecule has 1 saturated heterocycles. The summed E-state index contributed by atoms with van der Waals surface area (Å²) in [5, 5.41) is 7.18. The highest BCUT2D eigenvalue weighted by molar-refractivity contribution is 5.98. The van der Waals surface area contributed by atoms with E-state index in [1.807, 2.05) is 19.2 Å². The zero-order valence-corrected chi connectivity index (χ0v) is 16.8. The molecule has 9 nitrogen and oxygen atoms in total. The first-order valence-corrected chi connectivity index (χ1v) is 9.57. The molecular formula is C20H24N6O3. The third kappa shape index (κ3) is 3.43. The molecule has 1 aliphatic heterocycles. The molecule has 0 saturated carbocycles. The minimum absolute atomic E-state index is 0.0427.